The summed E-state index contributed by atoms with van der Waals surface area (Å²) in [6.07, 6.45) is -0.877. The topological polar surface area (TPSA) is 127 Å². The third-order valence-electron chi connectivity index (χ3n) is 9.54. The van der Waals surface area contributed by atoms with Crippen LogP contribution in [0.15, 0.2) is 144 Å². The Balaban J connectivity index is 1.25. The van der Waals surface area contributed by atoms with Gasteiger partial charge in [0.25, 0.3) is 0 Å². The Morgan fingerprint density at radius 1 is 0.625 bits per heavy atom. The molecule has 11 heteroatoms. The molecule has 1 unspecified atom stereocenters. The van der Waals surface area contributed by atoms with Crippen LogP contribution in [0.25, 0.3) is 22.3 Å². The molecule has 0 spiro atoms. The first kappa shape index (κ1) is 38.5. The first-order valence-corrected chi connectivity index (χ1v) is 19.7. The van der Waals surface area contributed by atoms with Crippen LogP contribution in [0.1, 0.15) is 61.6 Å². The highest BCUT2D eigenvalue weighted by Gasteiger charge is 2.42. The molecule has 0 saturated carbocycles. The van der Waals surface area contributed by atoms with E-state index < -0.39 is 44.7 Å². The minimum absolute atomic E-state index is 0.00685. The summed E-state index contributed by atoms with van der Waals surface area (Å²) in [5.41, 5.74) is 3.95. The summed E-state index contributed by atoms with van der Waals surface area (Å²) >= 11 is 0. The summed E-state index contributed by atoms with van der Waals surface area (Å²) in [5, 5.41) is 0. The fraction of sp³-hybridized carbons (Fsp3) is 0.133. The van der Waals surface area contributed by atoms with Crippen LogP contribution in [-0.2, 0) is 19.1 Å². The second-order valence-corrected chi connectivity index (χ2v) is 16.9. The largest absolute Gasteiger partial charge is 0.348 e. The van der Waals surface area contributed by atoms with Crippen molar-refractivity contribution in [2.24, 2.45) is 0 Å². The van der Waals surface area contributed by atoms with E-state index in [0.717, 1.165) is 0 Å². The molecule has 1 aliphatic heterocycles. The standard InChI is InChI=1S/C45H36F2O8S/c1-45(2)54-26-38(55-45)27-56(51,52,53)39-5-3-4-35(24-39)44(50)41-25-34(28-6-10-30(11-7-28)42(48)32-14-19-36(46)20-15-32)18-23-40(41)29-8-12-31(13-9-29)43(49)33-16-21-37(47)22-17-33/h3-25,38H,26-27H2,1-2H3,(H2,51,52,53). The quantitative estimate of drug-likeness (QED) is 0.125. The summed E-state index contributed by atoms with van der Waals surface area (Å²) in [5.74, 6) is -3.70. The van der Waals surface area contributed by atoms with Gasteiger partial charge in [-0.1, -0.05) is 72.8 Å². The summed E-state index contributed by atoms with van der Waals surface area (Å²) in [6.45, 7) is 3.30. The van der Waals surface area contributed by atoms with Gasteiger partial charge in [0.15, 0.2) is 23.1 Å². The number of rotatable bonds is 11. The normalized spacial score (nSPS) is 15.8. The molecule has 1 saturated heterocycles. The third-order valence-corrected chi connectivity index (χ3v) is 11.7. The first-order valence-electron chi connectivity index (χ1n) is 17.6. The summed E-state index contributed by atoms with van der Waals surface area (Å²) < 4.78 is 74.2. The average Bonchev–Trinajstić information content (AvgIpc) is 3.53. The molecule has 0 amide bonds. The number of carbonyl (C=O) groups is 3. The Hall–Kier alpha value is -5.82. The highest BCUT2D eigenvalue weighted by atomic mass is 32.3. The van der Waals surface area contributed by atoms with Crippen molar-refractivity contribution in [2.45, 2.75) is 30.6 Å². The number of ether oxygens (including phenoxy) is 2. The lowest BCUT2D eigenvalue weighted by Gasteiger charge is -2.33. The third kappa shape index (κ3) is 8.23. The molecule has 0 bridgehead atoms. The highest BCUT2D eigenvalue weighted by Crippen LogP contribution is 2.36. The second-order valence-electron chi connectivity index (χ2n) is 14.1. The number of ketones is 3. The Labute approximate surface area is 321 Å². The van der Waals surface area contributed by atoms with Crippen molar-refractivity contribution in [3.05, 3.63) is 185 Å². The molecule has 1 heterocycles. The van der Waals surface area contributed by atoms with Gasteiger partial charge in [-0.15, -0.1) is 0 Å². The molecular weight excluding hydrogens is 739 g/mol. The van der Waals surface area contributed by atoms with E-state index in [9.17, 15) is 36.5 Å². The van der Waals surface area contributed by atoms with Crippen molar-refractivity contribution in [1.82, 2.24) is 0 Å². The van der Waals surface area contributed by atoms with Crippen LogP contribution in [0.5, 0.6) is 0 Å². The van der Waals surface area contributed by atoms with E-state index in [1.807, 2.05) is 0 Å². The molecule has 56 heavy (non-hydrogen) atoms. The molecule has 0 radical (unpaired) electrons. The molecule has 1 aliphatic rings. The fourth-order valence-electron chi connectivity index (χ4n) is 6.64. The monoisotopic (exact) mass is 774 g/mol. The van der Waals surface area contributed by atoms with Crippen molar-refractivity contribution < 1.29 is 46.0 Å². The van der Waals surface area contributed by atoms with E-state index in [4.69, 9.17) is 9.47 Å². The van der Waals surface area contributed by atoms with Gasteiger partial charge in [0, 0.05) is 33.4 Å². The minimum atomic E-state index is -5.52. The molecular formula is C45H36F2O8S. The van der Waals surface area contributed by atoms with Gasteiger partial charge in [0.05, 0.1) is 23.4 Å². The SMILES string of the molecule is CC1(C)OCC(CS(=O)(O)(O)c2cccc(C(=O)c3cc(-c4ccc(C(=O)c5ccc(F)cc5)cc4)ccc3-c3ccc(C(=O)c4ccc(F)cc4)cc3)c2)O1. The zero-order chi connectivity index (χ0) is 39.9. The Kier molecular flexibility index (Phi) is 10.1. The molecule has 6 aromatic carbocycles. The van der Waals surface area contributed by atoms with Crippen LogP contribution in [0, 0.1) is 11.6 Å². The van der Waals surface area contributed by atoms with Gasteiger partial charge in [-0.2, -0.15) is 0 Å². The molecule has 8 nitrogen and oxygen atoms in total. The Bertz CT molecular complexity index is 2540. The van der Waals surface area contributed by atoms with Crippen molar-refractivity contribution in [3.8, 4) is 22.3 Å². The molecule has 7 rings (SSSR count). The van der Waals surface area contributed by atoms with Crippen LogP contribution in [0.4, 0.5) is 8.78 Å². The van der Waals surface area contributed by atoms with E-state index in [0.29, 0.717) is 44.5 Å². The zero-order valence-electron chi connectivity index (χ0n) is 30.3. The maximum absolute atomic E-state index is 14.5. The number of hydrogen-bond donors (Lipinski definition) is 2. The molecule has 0 aliphatic carbocycles. The van der Waals surface area contributed by atoms with Crippen molar-refractivity contribution in [3.63, 3.8) is 0 Å². The van der Waals surface area contributed by atoms with Crippen LogP contribution in [0.2, 0.25) is 0 Å². The number of hydrogen-bond acceptors (Lipinski definition) is 6. The fourth-order valence-corrected chi connectivity index (χ4v) is 8.38. The molecule has 6 aromatic rings. The van der Waals surface area contributed by atoms with Crippen molar-refractivity contribution >= 4 is 27.0 Å². The van der Waals surface area contributed by atoms with Gasteiger partial charge >= 0.3 is 0 Å². The maximum atomic E-state index is 14.5. The lowest BCUT2D eigenvalue weighted by Crippen LogP contribution is -2.42. The molecule has 1 fully saturated rings. The van der Waals surface area contributed by atoms with Gasteiger partial charge in [-0.3, -0.25) is 14.4 Å². The summed E-state index contributed by atoms with van der Waals surface area (Å²) in [6, 6.07) is 34.3. The first-order chi connectivity index (χ1) is 26.5. The van der Waals surface area contributed by atoms with E-state index >= 15 is 0 Å². The predicted molar refractivity (Wildman–Crippen MR) is 208 cm³/mol. The lowest BCUT2D eigenvalue weighted by molar-refractivity contribution is -0.136. The van der Waals surface area contributed by atoms with Crippen LogP contribution >= 0.6 is 0 Å². The smallest absolute Gasteiger partial charge is 0.193 e. The number of carbonyl (C=O) groups excluding carboxylic acids is 3. The van der Waals surface area contributed by atoms with Gasteiger partial charge in [0.1, 0.15) is 21.3 Å². The van der Waals surface area contributed by atoms with Crippen LogP contribution in [-0.4, -0.2) is 54.9 Å². The van der Waals surface area contributed by atoms with E-state index in [-0.39, 0.29) is 34.2 Å². The van der Waals surface area contributed by atoms with E-state index in [1.165, 1.54) is 72.8 Å². The van der Waals surface area contributed by atoms with Crippen molar-refractivity contribution in [2.75, 3.05) is 12.4 Å². The number of halogens is 2. The summed E-state index contributed by atoms with van der Waals surface area (Å²) in [7, 11) is -5.52. The average molecular weight is 775 g/mol. The maximum Gasteiger partial charge on any atom is 0.193 e. The van der Waals surface area contributed by atoms with Crippen LogP contribution < -0.4 is 0 Å². The van der Waals surface area contributed by atoms with Crippen molar-refractivity contribution in [1.29, 1.82) is 0 Å². The highest BCUT2D eigenvalue weighted by molar-refractivity contribution is 8.10. The lowest BCUT2D eigenvalue weighted by atomic mass is 9.89. The van der Waals surface area contributed by atoms with E-state index in [1.54, 1.807) is 80.6 Å². The second kappa shape index (κ2) is 14.7. The van der Waals surface area contributed by atoms with Gasteiger partial charge in [0.2, 0.25) is 0 Å². The number of benzene rings is 6. The molecule has 284 valence electrons. The molecule has 0 aromatic heterocycles. The van der Waals surface area contributed by atoms with Crippen LogP contribution in [0.3, 0.4) is 0 Å². The molecule has 1 atom stereocenters. The van der Waals surface area contributed by atoms with Gasteiger partial charge < -0.3 is 18.6 Å². The minimum Gasteiger partial charge on any atom is -0.348 e. The van der Waals surface area contributed by atoms with E-state index in [2.05, 4.69) is 0 Å². The predicted octanol–water partition coefficient (Wildman–Crippen LogP) is 9.27. The molecule has 2 N–H and O–H groups in total. The Morgan fingerprint density at radius 3 is 1.61 bits per heavy atom. The Morgan fingerprint density at radius 2 is 1.11 bits per heavy atom. The van der Waals surface area contributed by atoms with Gasteiger partial charge in [-0.25, -0.2) is 13.0 Å². The summed E-state index contributed by atoms with van der Waals surface area (Å²) in [4.78, 5) is 40.3. The zero-order valence-corrected chi connectivity index (χ0v) is 31.1. The van der Waals surface area contributed by atoms with Gasteiger partial charge in [-0.05, 0) is 103 Å².